The van der Waals surface area contributed by atoms with E-state index < -0.39 is 0 Å². The van der Waals surface area contributed by atoms with Crippen molar-refractivity contribution < 1.29 is 9.53 Å². The predicted octanol–water partition coefficient (Wildman–Crippen LogP) is 1.01. The van der Waals surface area contributed by atoms with Crippen molar-refractivity contribution in [2.75, 3.05) is 46.9 Å². The number of methoxy groups -OCH3 is 1. The molecular weight excluding hydrogens is 304 g/mol. The molecule has 1 N–H and O–H groups in total. The number of carbonyl (C=O) groups is 1. The van der Waals surface area contributed by atoms with Crippen molar-refractivity contribution in [3.05, 3.63) is 41.6 Å². The first-order valence-electron chi connectivity index (χ1n) is 8.08. The number of nitriles is 1. The first-order valence-corrected chi connectivity index (χ1v) is 8.08. The number of ether oxygens (including phenoxy) is 1. The van der Waals surface area contributed by atoms with Gasteiger partial charge < -0.3 is 19.9 Å². The van der Waals surface area contributed by atoms with E-state index >= 15 is 0 Å². The first-order chi connectivity index (χ1) is 11.6. The smallest absolute Gasteiger partial charge is 0.266 e. The molecule has 0 bridgehead atoms. The van der Waals surface area contributed by atoms with Crippen LogP contribution in [0.5, 0.6) is 5.75 Å². The lowest BCUT2D eigenvalue weighted by molar-refractivity contribution is -0.128. The summed E-state index contributed by atoms with van der Waals surface area (Å²) in [5.74, 6) is 0.630. The first kappa shape index (κ1) is 17.8. The zero-order valence-corrected chi connectivity index (χ0v) is 14.3. The third kappa shape index (κ3) is 5.00. The Morgan fingerprint density at radius 3 is 2.79 bits per heavy atom. The van der Waals surface area contributed by atoms with Gasteiger partial charge in [-0.05, 0) is 31.2 Å². The van der Waals surface area contributed by atoms with Gasteiger partial charge >= 0.3 is 0 Å². The van der Waals surface area contributed by atoms with Crippen LogP contribution < -0.4 is 10.1 Å². The van der Waals surface area contributed by atoms with Crippen LogP contribution in [0.15, 0.2) is 36.0 Å². The Balaban J connectivity index is 1.84. The molecule has 128 valence electrons. The van der Waals surface area contributed by atoms with Crippen molar-refractivity contribution in [2.24, 2.45) is 0 Å². The van der Waals surface area contributed by atoms with Crippen molar-refractivity contribution >= 4 is 5.91 Å². The fourth-order valence-corrected chi connectivity index (χ4v) is 2.54. The van der Waals surface area contributed by atoms with E-state index in [4.69, 9.17) is 4.74 Å². The highest BCUT2D eigenvalue weighted by molar-refractivity contribution is 5.97. The molecule has 1 aliphatic heterocycles. The van der Waals surface area contributed by atoms with Crippen LogP contribution in [0.1, 0.15) is 5.56 Å². The highest BCUT2D eigenvalue weighted by Crippen LogP contribution is 2.12. The summed E-state index contributed by atoms with van der Waals surface area (Å²) in [5, 5.41) is 12.3. The Labute approximate surface area is 143 Å². The molecular formula is C18H24N4O2. The topological polar surface area (TPSA) is 68.6 Å². The summed E-state index contributed by atoms with van der Waals surface area (Å²) >= 11 is 0. The number of nitrogens with one attached hydrogen (secondary N) is 1. The molecule has 1 heterocycles. The molecule has 0 radical (unpaired) electrons. The van der Waals surface area contributed by atoms with Gasteiger partial charge in [0.2, 0.25) is 0 Å². The van der Waals surface area contributed by atoms with E-state index in [1.165, 1.54) is 6.20 Å². The standard InChI is InChI=1S/C18H24N4O2/c1-21-8-10-22(11-9-21)18(23)16(13-19)14-20-7-6-15-4-3-5-17(12-15)24-2/h3-5,12,14,20H,6-11H2,1-2H3/b16-14-. The van der Waals surface area contributed by atoms with E-state index in [9.17, 15) is 10.1 Å². The largest absolute Gasteiger partial charge is 0.497 e. The Hall–Kier alpha value is -2.52. The average molecular weight is 328 g/mol. The number of rotatable bonds is 6. The molecule has 0 aromatic heterocycles. The van der Waals surface area contributed by atoms with E-state index in [0.29, 0.717) is 19.6 Å². The molecule has 0 aliphatic carbocycles. The molecule has 1 fully saturated rings. The van der Waals surface area contributed by atoms with Gasteiger partial charge in [-0.15, -0.1) is 0 Å². The molecule has 6 heteroatoms. The van der Waals surface area contributed by atoms with Gasteiger partial charge in [-0.3, -0.25) is 4.79 Å². The summed E-state index contributed by atoms with van der Waals surface area (Å²) in [6.45, 7) is 3.66. The highest BCUT2D eigenvalue weighted by atomic mass is 16.5. The molecule has 1 aromatic carbocycles. The Morgan fingerprint density at radius 2 is 2.12 bits per heavy atom. The number of hydrogen-bond donors (Lipinski definition) is 1. The number of carbonyl (C=O) groups excluding carboxylic acids is 1. The summed E-state index contributed by atoms with van der Waals surface area (Å²) in [7, 11) is 3.67. The van der Waals surface area contributed by atoms with Crippen LogP contribution in [0.25, 0.3) is 0 Å². The van der Waals surface area contributed by atoms with Crippen molar-refractivity contribution in [2.45, 2.75) is 6.42 Å². The van der Waals surface area contributed by atoms with E-state index in [0.717, 1.165) is 30.8 Å². The second-order valence-electron chi connectivity index (χ2n) is 5.82. The quantitative estimate of drug-likeness (QED) is 0.479. The Bertz CT molecular complexity index is 628. The minimum absolute atomic E-state index is 0.158. The third-order valence-electron chi connectivity index (χ3n) is 4.08. The second kappa shape index (κ2) is 8.94. The van der Waals surface area contributed by atoms with Crippen LogP contribution in [0, 0.1) is 11.3 Å². The molecule has 0 spiro atoms. The fourth-order valence-electron chi connectivity index (χ4n) is 2.54. The van der Waals surface area contributed by atoms with Gasteiger partial charge in [0.25, 0.3) is 5.91 Å². The number of nitrogens with zero attached hydrogens (tertiary/aromatic N) is 3. The number of likely N-dealkylation sites (N-methyl/N-ethyl adjacent to an activating group) is 1. The van der Waals surface area contributed by atoms with Crippen LogP contribution >= 0.6 is 0 Å². The van der Waals surface area contributed by atoms with Gasteiger partial charge in [0.15, 0.2) is 0 Å². The molecule has 0 unspecified atom stereocenters. The normalized spacial score (nSPS) is 15.7. The van der Waals surface area contributed by atoms with E-state index in [1.54, 1.807) is 12.0 Å². The Morgan fingerprint density at radius 1 is 1.38 bits per heavy atom. The molecule has 0 saturated carbocycles. The molecule has 1 amide bonds. The summed E-state index contributed by atoms with van der Waals surface area (Å²) < 4.78 is 5.19. The maximum atomic E-state index is 12.3. The number of piperazine rings is 1. The van der Waals surface area contributed by atoms with Gasteiger partial charge in [0, 0.05) is 38.9 Å². The van der Waals surface area contributed by atoms with Crippen LogP contribution in [-0.2, 0) is 11.2 Å². The molecule has 1 aliphatic rings. The fraction of sp³-hybridized carbons (Fsp3) is 0.444. The third-order valence-corrected chi connectivity index (χ3v) is 4.08. The average Bonchev–Trinajstić information content (AvgIpc) is 2.62. The van der Waals surface area contributed by atoms with Crippen LogP contribution in [0.3, 0.4) is 0 Å². The van der Waals surface area contributed by atoms with E-state index in [1.807, 2.05) is 37.4 Å². The SMILES string of the molecule is COc1cccc(CCN/C=C(/C#N)C(=O)N2CCN(C)CC2)c1. The molecule has 24 heavy (non-hydrogen) atoms. The molecule has 2 rings (SSSR count). The summed E-state index contributed by atoms with van der Waals surface area (Å²) in [5.41, 5.74) is 1.30. The molecule has 1 aromatic rings. The van der Waals surface area contributed by atoms with E-state index in [-0.39, 0.29) is 11.5 Å². The summed E-state index contributed by atoms with van der Waals surface area (Å²) in [4.78, 5) is 16.3. The van der Waals surface area contributed by atoms with Gasteiger partial charge in [0.05, 0.1) is 7.11 Å². The van der Waals surface area contributed by atoms with Gasteiger partial charge in [-0.25, -0.2) is 0 Å². The minimum Gasteiger partial charge on any atom is -0.497 e. The summed E-state index contributed by atoms with van der Waals surface area (Å²) in [6.07, 6.45) is 2.32. The maximum Gasteiger partial charge on any atom is 0.266 e. The highest BCUT2D eigenvalue weighted by Gasteiger charge is 2.21. The number of hydrogen-bond acceptors (Lipinski definition) is 5. The van der Waals surface area contributed by atoms with Crippen LogP contribution in [0.2, 0.25) is 0 Å². The van der Waals surface area contributed by atoms with Gasteiger partial charge in [-0.1, -0.05) is 12.1 Å². The molecule has 1 saturated heterocycles. The second-order valence-corrected chi connectivity index (χ2v) is 5.82. The van der Waals surface area contributed by atoms with Crippen molar-refractivity contribution in [1.82, 2.24) is 15.1 Å². The predicted molar refractivity (Wildman–Crippen MR) is 92.5 cm³/mol. The maximum absolute atomic E-state index is 12.3. The monoisotopic (exact) mass is 328 g/mol. The number of amides is 1. The van der Waals surface area contributed by atoms with Gasteiger partial charge in [-0.2, -0.15) is 5.26 Å². The summed E-state index contributed by atoms with van der Waals surface area (Å²) in [6, 6.07) is 9.85. The molecule has 0 atom stereocenters. The zero-order valence-electron chi connectivity index (χ0n) is 14.3. The lowest BCUT2D eigenvalue weighted by atomic mass is 10.1. The lowest BCUT2D eigenvalue weighted by Crippen LogP contribution is -2.47. The van der Waals surface area contributed by atoms with Crippen molar-refractivity contribution in [1.29, 1.82) is 5.26 Å². The molecule has 6 nitrogen and oxygen atoms in total. The Kier molecular flexibility index (Phi) is 6.64. The van der Waals surface area contributed by atoms with Crippen LogP contribution in [-0.4, -0.2) is 62.6 Å². The van der Waals surface area contributed by atoms with E-state index in [2.05, 4.69) is 10.2 Å². The van der Waals surface area contributed by atoms with Crippen LogP contribution in [0.4, 0.5) is 0 Å². The minimum atomic E-state index is -0.195. The van der Waals surface area contributed by atoms with Crippen molar-refractivity contribution in [3.8, 4) is 11.8 Å². The lowest BCUT2D eigenvalue weighted by Gasteiger charge is -2.32. The number of benzene rings is 1. The van der Waals surface area contributed by atoms with Gasteiger partial charge in [0.1, 0.15) is 17.4 Å². The zero-order chi connectivity index (χ0) is 17.4. The van der Waals surface area contributed by atoms with Crippen molar-refractivity contribution in [3.63, 3.8) is 0 Å².